The summed E-state index contributed by atoms with van der Waals surface area (Å²) in [6, 6.07) is 16.0. The molecule has 4 aromatic rings. The normalized spacial score (nSPS) is 12.5. The molecular formula is C24H17BF3NO4. The van der Waals surface area contributed by atoms with E-state index in [9.17, 15) is 18.0 Å². The van der Waals surface area contributed by atoms with Crippen molar-refractivity contribution in [3.8, 4) is 17.2 Å². The third-order valence-corrected chi connectivity index (χ3v) is 4.79. The Hall–Kier alpha value is -3.75. The standard InChI is InChI=1S/C24H17BF3NO4/c1-2-31-23(30)21(14-6-5-7-15(12-14)24(26,27)28)32-19-11-10-16(25)13-17(19)22-29-18-8-3-4-9-20(18)33-22/h3-13,21H,2H2,1H3. The van der Waals surface area contributed by atoms with E-state index in [0.717, 1.165) is 12.1 Å². The number of aromatic nitrogens is 1. The summed E-state index contributed by atoms with van der Waals surface area (Å²) < 4.78 is 56.5. The second-order valence-corrected chi connectivity index (χ2v) is 7.12. The molecule has 0 N–H and O–H groups in total. The molecule has 0 fully saturated rings. The third kappa shape index (κ3) is 4.87. The van der Waals surface area contributed by atoms with Crippen molar-refractivity contribution in [2.24, 2.45) is 0 Å². The molecule has 3 aromatic carbocycles. The predicted molar refractivity (Wildman–Crippen MR) is 116 cm³/mol. The summed E-state index contributed by atoms with van der Waals surface area (Å²) >= 11 is 0. The van der Waals surface area contributed by atoms with E-state index in [0.29, 0.717) is 22.1 Å². The molecule has 0 saturated heterocycles. The molecule has 166 valence electrons. The minimum absolute atomic E-state index is 0.0105. The van der Waals surface area contributed by atoms with E-state index in [1.165, 1.54) is 24.3 Å². The summed E-state index contributed by atoms with van der Waals surface area (Å²) in [5.41, 5.74) is 0.929. The van der Waals surface area contributed by atoms with E-state index >= 15 is 0 Å². The van der Waals surface area contributed by atoms with Crippen molar-refractivity contribution in [3.63, 3.8) is 0 Å². The van der Waals surface area contributed by atoms with Gasteiger partial charge in [0.1, 0.15) is 19.1 Å². The maximum atomic E-state index is 13.2. The lowest BCUT2D eigenvalue weighted by Crippen LogP contribution is -2.22. The highest BCUT2D eigenvalue weighted by molar-refractivity contribution is 6.32. The number of carbonyl (C=O) groups is 1. The van der Waals surface area contributed by atoms with E-state index in [4.69, 9.17) is 21.7 Å². The van der Waals surface area contributed by atoms with Gasteiger partial charge in [-0.05, 0) is 37.3 Å². The van der Waals surface area contributed by atoms with Gasteiger partial charge in [0.15, 0.2) is 5.58 Å². The number of benzene rings is 3. The third-order valence-electron chi connectivity index (χ3n) is 4.79. The minimum atomic E-state index is -4.58. The number of esters is 1. The summed E-state index contributed by atoms with van der Waals surface area (Å²) in [6.45, 7) is 1.62. The van der Waals surface area contributed by atoms with Crippen molar-refractivity contribution < 1.29 is 31.9 Å². The van der Waals surface area contributed by atoms with E-state index in [2.05, 4.69) is 4.98 Å². The Morgan fingerprint density at radius 2 is 1.88 bits per heavy atom. The van der Waals surface area contributed by atoms with Crippen LogP contribution in [0.3, 0.4) is 0 Å². The molecule has 0 aliphatic carbocycles. The highest BCUT2D eigenvalue weighted by Crippen LogP contribution is 2.36. The monoisotopic (exact) mass is 451 g/mol. The molecule has 0 aliphatic heterocycles. The lowest BCUT2D eigenvalue weighted by Gasteiger charge is -2.20. The zero-order valence-corrected chi connectivity index (χ0v) is 17.4. The van der Waals surface area contributed by atoms with Gasteiger partial charge in [0, 0.05) is 5.56 Å². The molecule has 1 unspecified atom stereocenters. The molecule has 1 heterocycles. The van der Waals surface area contributed by atoms with Crippen LogP contribution >= 0.6 is 0 Å². The molecule has 0 spiro atoms. The molecule has 0 aliphatic rings. The first-order valence-corrected chi connectivity index (χ1v) is 10.0. The minimum Gasteiger partial charge on any atom is -0.473 e. The molecule has 0 amide bonds. The molecule has 5 nitrogen and oxygen atoms in total. The number of oxazole rings is 1. The van der Waals surface area contributed by atoms with Crippen molar-refractivity contribution >= 4 is 30.4 Å². The molecule has 1 aromatic heterocycles. The highest BCUT2D eigenvalue weighted by atomic mass is 19.4. The van der Waals surface area contributed by atoms with Crippen LogP contribution in [0.5, 0.6) is 5.75 Å². The van der Waals surface area contributed by atoms with Gasteiger partial charge in [-0.2, -0.15) is 13.2 Å². The zero-order chi connectivity index (χ0) is 23.6. The smallest absolute Gasteiger partial charge is 0.416 e. The van der Waals surface area contributed by atoms with E-state index in [1.54, 1.807) is 37.3 Å². The number of halogens is 3. The average molecular weight is 451 g/mol. The second kappa shape index (κ2) is 9.01. The van der Waals surface area contributed by atoms with Gasteiger partial charge in [-0.3, -0.25) is 0 Å². The number of alkyl halides is 3. The SMILES string of the molecule is [B]c1ccc(OC(C(=O)OCC)c2cccc(C(F)(F)F)c2)c(-c2nc3ccccc3o2)c1. The van der Waals surface area contributed by atoms with Gasteiger partial charge in [0.25, 0.3) is 0 Å². The first-order valence-electron chi connectivity index (χ1n) is 10.0. The molecule has 9 heteroatoms. The Balaban J connectivity index is 1.78. The molecule has 4 rings (SSSR count). The van der Waals surface area contributed by atoms with Crippen LogP contribution in [-0.2, 0) is 15.7 Å². The fraction of sp³-hybridized carbons (Fsp3) is 0.167. The number of ether oxygens (including phenoxy) is 2. The van der Waals surface area contributed by atoms with Gasteiger partial charge in [0.2, 0.25) is 12.0 Å². The van der Waals surface area contributed by atoms with Gasteiger partial charge in [-0.15, -0.1) is 0 Å². The number of para-hydroxylation sites is 2. The number of rotatable bonds is 6. The summed E-state index contributed by atoms with van der Waals surface area (Å²) in [4.78, 5) is 17.1. The summed E-state index contributed by atoms with van der Waals surface area (Å²) in [6.07, 6.45) is -6.04. The Bertz CT molecular complexity index is 1270. The Labute approximate surface area is 188 Å². The number of nitrogens with zero attached hydrogens (tertiary/aromatic N) is 1. The molecule has 1 atom stereocenters. The van der Waals surface area contributed by atoms with Gasteiger partial charge >= 0.3 is 12.1 Å². The lowest BCUT2D eigenvalue weighted by molar-refractivity contribution is -0.152. The van der Waals surface area contributed by atoms with Gasteiger partial charge in [0.05, 0.1) is 17.7 Å². The van der Waals surface area contributed by atoms with Crippen LogP contribution < -0.4 is 10.2 Å². The maximum absolute atomic E-state index is 13.2. The van der Waals surface area contributed by atoms with Gasteiger partial charge in [-0.1, -0.05) is 41.9 Å². The Morgan fingerprint density at radius 3 is 2.61 bits per heavy atom. The topological polar surface area (TPSA) is 61.6 Å². The van der Waals surface area contributed by atoms with Crippen LogP contribution in [0.1, 0.15) is 24.2 Å². The van der Waals surface area contributed by atoms with Gasteiger partial charge < -0.3 is 13.9 Å². The van der Waals surface area contributed by atoms with Crippen molar-refractivity contribution in [3.05, 3.63) is 77.9 Å². The second-order valence-electron chi connectivity index (χ2n) is 7.12. The van der Waals surface area contributed by atoms with E-state index in [1.807, 2.05) is 0 Å². The van der Waals surface area contributed by atoms with E-state index in [-0.39, 0.29) is 23.8 Å². The van der Waals surface area contributed by atoms with Crippen molar-refractivity contribution in [1.29, 1.82) is 0 Å². The van der Waals surface area contributed by atoms with E-state index < -0.39 is 23.8 Å². The van der Waals surface area contributed by atoms with Crippen LogP contribution in [0, 0.1) is 0 Å². The first kappa shape index (κ1) is 22.4. The molecular weight excluding hydrogens is 434 g/mol. The van der Waals surface area contributed by atoms with Crippen LogP contribution in [0.4, 0.5) is 13.2 Å². The molecule has 0 saturated carbocycles. The van der Waals surface area contributed by atoms with Crippen LogP contribution in [0.15, 0.2) is 71.1 Å². The van der Waals surface area contributed by atoms with Crippen LogP contribution in [0.2, 0.25) is 0 Å². The van der Waals surface area contributed by atoms with Crippen LogP contribution in [-0.4, -0.2) is 25.4 Å². The summed E-state index contributed by atoms with van der Waals surface area (Å²) in [7, 11) is 5.93. The molecule has 2 radical (unpaired) electrons. The fourth-order valence-electron chi connectivity index (χ4n) is 3.28. The maximum Gasteiger partial charge on any atom is 0.416 e. The van der Waals surface area contributed by atoms with Crippen molar-refractivity contribution in [2.45, 2.75) is 19.2 Å². The Kier molecular flexibility index (Phi) is 6.13. The largest absolute Gasteiger partial charge is 0.473 e. The highest BCUT2D eigenvalue weighted by Gasteiger charge is 2.33. The number of hydrogen-bond acceptors (Lipinski definition) is 5. The fourth-order valence-corrected chi connectivity index (χ4v) is 3.28. The average Bonchev–Trinajstić information content (AvgIpc) is 3.22. The van der Waals surface area contributed by atoms with Gasteiger partial charge in [-0.25, -0.2) is 9.78 Å². The summed E-state index contributed by atoms with van der Waals surface area (Å²) in [5.74, 6) is -0.506. The van der Waals surface area contributed by atoms with Crippen LogP contribution in [0.25, 0.3) is 22.6 Å². The number of hydrogen-bond donors (Lipinski definition) is 0. The molecule has 0 bridgehead atoms. The van der Waals surface area contributed by atoms with Crippen molar-refractivity contribution in [1.82, 2.24) is 4.98 Å². The van der Waals surface area contributed by atoms with Crippen molar-refractivity contribution in [2.75, 3.05) is 6.61 Å². The number of carbonyl (C=O) groups excluding carboxylic acids is 1. The molecule has 33 heavy (non-hydrogen) atoms. The Morgan fingerprint density at radius 1 is 1.09 bits per heavy atom. The first-order chi connectivity index (χ1) is 15.8. The number of fused-ring (bicyclic) bond motifs is 1. The lowest BCUT2D eigenvalue weighted by atomic mass is 9.94. The zero-order valence-electron chi connectivity index (χ0n) is 17.4. The quantitative estimate of drug-likeness (QED) is 0.306. The summed E-state index contributed by atoms with van der Waals surface area (Å²) in [5, 5.41) is 0. The predicted octanol–water partition coefficient (Wildman–Crippen LogP) is 4.99.